The van der Waals surface area contributed by atoms with E-state index >= 15 is 0 Å². The zero-order valence-corrected chi connectivity index (χ0v) is 16.1. The average molecular weight is 375 g/mol. The third kappa shape index (κ3) is 5.57. The van der Waals surface area contributed by atoms with Gasteiger partial charge in [-0.15, -0.1) is 0 Å². The van der Waals surface area contributed by atoms with E-state index in [0.29, 0.717) is 5.69 Å². The van der Waals surface area contributed by atoms with Crippen LogP contribution < -0.4 is 10.6 Å². The summed E-state index contributed by atoms with van der Waals surface area (Å²) in [5, 5.41) is 5.61. The number of sulfonamides is 1. The van der Waals surface area contributed by atoms with Gasteiger partial charge < -0.3 is 10.6 Å². The number of rotatable bonds is 7. The quantitative estimate of drug-likeness (QED) is 0.781. The van der Waals surface area contributed by atoms with Crippen LogP contribution in [0.25, 0.3) is 0 Å². The molecule has 7 heteroatoms. The number of nitrogens with zero attached hydrogens (tertiary/aromatic N) is 1. The molecular formula is C19H25N3O3S. The van der Waals surface area contributed by atoms with E-state index in [1.165, 1.54) is 31.8 Å². The molecule has 0 aliphatic carbocycles. The molecule has 0 heterocycles. The van der Waals surface area contributed by atoms with E-state index in [-0.39, 0.29) is 17.0 Å². The van der Waals surface area contributed by atoms with Gasteiger partial charge in [0.1, 0.15) is 0 Å². The second-order valence-corrected chi connectivity index (χ2v) is 8.49. The van der Waals surface area contributed by atoms with Crippen molar-refractivity contribution in [2.24, 2.45) is 0 Å². The molecule has 0 radical (unpaired) electrons. The molecule has 6 nitrogen and oxygen atoms in total. The number of urea groups is 1. The molecule has 2 aromatic carbocycles. The van der Waals surface area contributed by atoms with E-state index in [4.69, 9.17) is 0 Å². The van der Waals surface area contributed by atoms with Crippen molar-refractivity contribution < 1.29 is 13.2 Å². The van der Waals surface area contributed by atoms with Gasteiger partial charge in [-0.25, -0.2) is 17.5 Å². The van der Waals surface area contributed by atoms with Crippen LogP contribution in [0.15, 0.2) is 59.5 Å². The predicted octanol–water partition coefficient (Wildman–Crippen LogP) is 3.08. The zero-order valence-electron chi connectivity index (χ0n) is 15.3. The second kappa shape index (κ2) is 8.82. The van der Waals surface area contributed by atoms with Gasteiger partial charge in [-0.3, -0.25) is 0 Å². The molecule has 140 valence electrons. The maximum Gasteiger partial charge on any atom is 0.319 e. The lowest BCUT2D eigenvalue weighted by molar-refractivity contribution is 0.248. The monoisotopic (exact) mass is 375 g/mol. The van der Waals surface area contributed by atoms with Crippen molar-refractivity contribution in [2.75, 3.05) is 19.4 Å². The highest BCUT2D eigenvalue weighted by atomic mass is 32.2. The van der Waals surface area contributed by atoms with Gasteiger partial charge in [0.25, 0.3) is 0 Å². The Morgan fingerprint density at radius 2 is 1.65 bits per heavy atom. The Hall–Kier alpha value is -2.38. The van der Waals surface area contributed by atoms with Crippen LogP contribution in [-0.2, 0) is 16.4 Å². The van der Waals surface area contributed by atoms with Crippen molar-refractivity contribution in [3.8, 4) is 0 Å². The molecule has 26 heavy (non-hydrogen) atoms. The predicted molar refractivity (Wildman–Crippen MR) is 104 cm³/mol. The highest BCUT2D eigenvalue weighted by molar-refractivity contribution is 7.89. The van der Waals surface area contributed by atoms with Crippen LogP contribution in [0, 0.1) is 0 Å². The molecule has 0 saturated heterocycles. The Morgan fingerprint density at radius 1 is 1.04 bits per heavy atom. The smallest absolute Gasteiger partial charge is 0.319 e. The lowest BCUT2D eigenvalue weighted by Gasteiger charge is -2.15. The van der Waals surface area contributed by atoms with Crippen LogP contribution in [0.1, 0.15) is 18.9 Å². The molecule has 0 unspecified atom stereocenters. The Kier molecular flexibility index (Phi) is 6.76. The largest absolute Gasteiger partial charge is 0.335 e. The lowest BCUT2D eigenvalue weighted by Crippen LogP contribution is -2.36. The summed E-state index contributed by atoms with van der Waals surface area (Å²) in [5.41, 5.74) is 1.77. The summed E-state index contributed by atoms with van der Waals surface area (Å²) in [4.78, 5) is 12.3. The first-order chi connectivity index (χ1) is 12.3. The fourth-order valence-electron chi connectivity index (χ4n) is 2.41. The van der Waals surface area contributed by atoms with E-state index in [0.717, 1.165) is 17.1 Å². The SMILES string of the molecule is C[C@H](CCc1ccccc1)NC(=O)Nc1ccc(S(=O)(=O)N(C)C)cc1. The van der Waals surface area contributed by atoms with E-state index in [1.54, 1.807) is 12.1 Å². The third-order valence-electron chi connectivity index (χ3n) is 3.98. The Morgan fingerprint density at radius 3 is 2.23 bits per heavy atom. The van der Waals surface area contributed by atoms with Crippen molar-refractivity contribution in [2.45, 2.75) is 30.7 Å². The van der Waals surface area contributed by atoms with Crippen LogP contribution >= 0.6 is 0 Å². The van der Waals surface area contributed by atoms with Crippen molar-refractivity contribution in [1.29, 1.82) is 0 Å². The summed E-state index contributed by atoms with van der Waals surface area (Å²) in [6.07, 6.45) is 1.72. The number of hydrogen-bond acceptors (Lipinski definition) is 3. The molecule has 2 aromatic rings. The minimum absolute atomic E-state index is 0.0172. The molecule has 0 aliphatic heterocycles. The molecule has 2 rings (SSSR count). The molecule has 0 aliphatic rings. The van der Waals surface area contributed by atoms with Gasteiger partial charge >= 0.3 is 6.03 Å². The third-order valence-corrected chi connectivity index (χ3v) is 5.81. The first kappa shape index (κ1) is 19.9. The van der Waals surface area contributed by atoms with Crippen LogP contribution in [0.4, 0.5) is 10.5 Å². The van der Waals surface area contributed by atoms with Crippen molar-refractivity contribution in [1.82, 2.24) is 9.62 Å². The lowest BCUT2D eigenvalue weighted by atomic mass is 10.1. The standard InChI is InChI=1S/C19H25N3O3S/c1-15(9-10-16-7-5-4-6-8-16)20-19(23)21-17-11-13-18(14-12-17)26(24,25)22(2)3/h4-8,11-15H,9-10H2,1-3H3,(H2,20,21,23)/t15-/m1/s1. The molecule has 2 N–H and O–H groups in total. The topological polar surface area (TPSA) is 78.5 Å². The summed E-state index contributed by atoms with van der Waals surface area (Å²) < 4.78 is 25.2. The number of benzene rings is 2. The maximum atomic E-state index is 12.1. The number of hydrogen-bond donors (Lipinski definition) is 2. The maximum absolute atomic E-state index is 12.1. The van der Waals surface area contributed by atoms with Gasteiger partial charge in [-0.2, -0.15) is 0 Å². The normalized spacial score (nSPS) is 12.6. The zero-order chi connectivity index (χ0) is 19.2. The minimum atomic E-state index is -3.47. The van der Waals surface area contributed by atoms with E-state index in [2.05, 4.69) is 22.8 Å². The number of anilines is 1. The number of carbonyl (C=O) groups is 1. The molecule has 0 fully saturated rings. The highest BCUT2D eigenvalue weighted by Crippen LogP contribution is 2.16. The fourth-order valence-corrected chi connectivity index (χ4v) is 3.31. The van der Waals surface area contributed by atoms with Gasteiger partial charge in [0.05, 0.1) is 4.90 Å². The van der Waals surface area contributed by atoms with Crippen molar-refractivity contribution >= 4 is 21.7 Å². The number of carbonyl (C=O) groups excluding carboxylic acids is 1. The van der Waals surface area contributed by atoms with Gasteiger partial charge in [0.15, 0.2) is 0 Å². The molecular weight excluding hydrogens is 350 g/mol. The molecule has 0 saturated carbocycles. The van der Waals surface area contributed by atoms with Crippen molar-refractivity contribution in [3.05, 3.63) is 60.2 Å². The van der Waals surface area contributed by atoms with E-state index in [9.17, 15) is 13.2 Å². The van der Waals surface area contributed by atoms with Crippen LogP contribution in [-0.4, -0.2) is 38.9 Å². The molecule has 2 amide bonds. The van der Waals surface area contributed by atoms with Gasteiger partial charge in [0, 0.05) is 25.8 Å². The highest BCUT2D eigenvalue weighted by Gasteiger charge is 2.16. The first-order valence-electron chi connectivity index (χ1n) is 8.43. The van der Waals surface area contributed by atoms with E-state index in [1.807, 2.05) is 25.1 Å². The van der Waals surface area contributed by atoms with Crippen molar-refractivity contribution in [3.63, 3.8) is 0 Å². The Balaban J connectivity index is 1.85. The van der Waals surface area contributed by atoms with Crippen LogP contribution in [0.2, 0.25) is 0 Å². The molecule has 0 aromatic heterocycles. The fraction of sp³-hybridized carbons (Fsp3) is 0.316. The number of nitrogens with one attached hydrogen (secondary N) is 2. The summed E-state index contributed by atoms with van der Waals surface area (Å²) in [6, 6.07) is 15.9. The van der Waals surface area contributed by atoms with Gasteiger partial charge in [0.2, 0.25) is 10.0 Å². The summed E-state index contributed by atoms with van der Waals surface area (Å²) in [6.45, 7) is 1.95. The minimum Gasteiger partial charge on any atom is -0.335 e. The molecule has 0 spiro atoms. The van der Waals surface area contributed by atoms with Gasteiger partial charge in [-0.1, -0.05) is 30.3 Å². The molecule has 1 atom stereocenters. The number of amides is 2. The first-order valence-corrected chi connectivity index (χ1v) is 9.87. The average Bonchev–Trinajstić information content (AvgIpc) is 2.61. The van der Waals surface area contributed by atoms with Crippen LogP contribution in [0.5, 0.6) is 0 Å². The van der Waals surface area contributed by atoms with Gasteiger partial charge in [-0.05, 0) is 49.6 Å². The summed E-state index contributed by atoms with van der Waals surface area (Å²) in [7, 11) is -0.514. The number of aryl methyl sites for hydroxylation is 1. The summed E-state index contributed by atoms with van der Waals surface area (Å²) in [5.74, 6) is 0. The molecule has 0 bridgehead atoms. The Labute approximate surface area is 155 Å². The second-order valence-electron chi connectivity index (χ2n) is 6.34. The van der Waals surface area contributed by atoms with E-state index < -0.39 is 10.0 Å². The Bertz CT molecular complexity index is 819. The van der Waals surface area contributed by atoms with Crippen LogP contribution in [0.3, 0.4) is 0 Å². The summed E-state index contributed by atoms with van der Waals surface area (Å²) >= 11 is 0.